The Hall–Kier alpha value is -3.93. The fourth-order valence-corrected chi connectivity index (χ4v) is 2.95. The van der Waals surface area contributed by atoms with E-state index in [1.165, 1.54) is 0 Å². The summed E-state index contributed by atoms with van der Waals surface area (Å²) in [7, 11) is 1.61. The van der Waals surface area contributed by atoms with E-state index in [-0.39, 0.29) is 5.56 Å². The molecular formula is C22H17N3O3. The summed E-state index contributed by atoms with van der Waals surface area (Å²) in [6, 6.07) is 21.8. The Morgan fingerprint density at radius 2 is 1.64 bits per heavy atom. The summed E-state index contributed by atoms with van der Waals surface area (Å²) >= 11 is 0. The van der Waals surface area contributed by atoms with Crippen molar-refractivity contribution < 1.29 is 14.6 Å². The Morgan fingerprint density at radius 3 is 2.39 bits per heavy atom. The second kappa shape index (κ2) is 7.36. The maximum absolute atomic E-state index is 11.5. The average Bonchev–Trinajstić information content (AvgIpc) is 2.74. The number of hydrogen-bond acceptors (Lipinski definition) is 5. The zero-order chi connectivity index (χ0) is 19.5. The number of aromatic carboxylic acids is 1. The molecule has 0 unspecified atom stereocenters. The van der Waals surface area contributed by atoms with Crippen molar-refractivity contribution in [3.05, 3.63) is 78.4 Å². The summed E-state index contributed by atoms with van der Waals surface area (Å²) < 4.78 is 5.20. The molecule has 0 fully saturated rings. The van der Waals surface area contributed by atoms with Crippen LogP contribution in [-0.2, 0) is 0 Å². The monoisotopic (exact) mass is 371 g/mol. The molecule has 28 heavy (non-hydrogen) atoms. The number of carbonyl (C=O) groups is 1. The molecule has 4 rings (SSSR count). The minimum atomic E-state index is -1.00. The molecule has 0 bridgehead atoms. The third-order valence-corrected chi connectivity index (χ3v) is 4.36. The number of ether oxygens (including phenoxy) is 1. The number of fused-ring (bicyclic) bond motifs is 1. The number of methoxy groups -OCH3 is 1. The van der Waals surface area contributed by atoms with Gasteiger partial charge in [0, 0.05) is 10.9 Å². The van der Waals surface area contributed by atoms with E-state index in [0.717, 1.165) is 22.2 Å². The summed E-state index contributed by atoms with van der Waals surface area (Å²) in [5, 5.41) is 13.4. The van der Waals surface area contributed by atoms with Gasteiger partial charge in [0.25, 0.3) is 0 Å². The van der Waals surface area contributed by atoms with E-state index in [0.29, 0.717) is 17.3 Å². The zero-order valence-corrected chi connectivity index (χ0v) is 15.1. The van der Waals surface area contributed by atoms with Crippen LogP contribution in [0, 0.1) is 0 Å². The van der Waals surface area contributed by atoms with Gasteiger partial charge in [0.05, 0.1) is 23.9 Å². The molecule has 0 spiro atoms. The molecule has 6 nitrogen and oxygen atoms in total. The van der Waals surface area contributed by atoms with Crippen molar-refractivity contribution >= 4 is 28.4 Å². The molecule has 0 saturated heterocycles. The zero-order valence-electron chi connectivity index (χ0n) is 15.1. The van der Waals surface area contributed by atoms with Crippen molar-refractivity contribution in [3.8, 4) is 17.1 Å². The molecule has 0 radical (unpaired) electrons. The van der Waals surface area contributed by atoms with E-state index < -0.39 is 5.97 Å². The standard InChI is InChI=1S/C22H17N3O3/c1-28-15-12-10-14(11-13-15)20-23-18-8-4-2-6-16(18)21(25-20)24-19-9-5-3-7-17(19)22(26)27/h2-13H,1H3,(H,26,27)(H,23,24,25). The van der Waals surface area contributed by atoms with Crippen molar-refractivity contribution in [3.63, 3.8) is 0 Å². The third-order valence-electron chi connectivity index (χ3n) is 4.36. The Bertz CT molecular complexity index is 1160. The molecule has 0 aliphatic heterocycles. The number of anilines is 2. The van der Waals surface area contributed by atoms with Crippen molar-refractivity contribution in [1.29, 1.82) is 0 Å². The Morgan fingerprint density at radius 1 is 0.929 bits per heavy atom. The molecule has 3 aromatic carbocycles. The van der Waals surface area contributed by atoms with Crippen molar-refractivity contribution in [2.75, 3.05) is 12.4 Å². The van der Waals surface area contributed by atoms with Crippen LogP contribution in [0.4, 0.5) is 11.5 Å². The first-order chi connectivity index (χ1) is 13.7. The summed E-state index contributed by atoms with van der Waals surface area (Å²) in [6.45, 7) is 0. The SMILES string of the molecule is COc1ccc(-c2nc(Nc3ccccc3C(=O)O)c3ccccc3n2)cc1. The fourth-order valence-electron chi connectivity index (χ4n) is 2.95. The molecule has 0 amide bonds. The first-order valence-electron chi connectivity index (χ1n) is 8.66. The van der Waals surface area contributed by atoms with Crippen LogP contribution >= 0.6 is 0 Å². The lowest BCUT2D eigenvalue weighted by atomic mass is 10.1. The predicted octanol–water partition coefficient (Wildman–Crippen LogP) is 4.75. The number of carboxylic acids is 1. The molecular weight excluding hydrogens is 354 g/mol. The highest BCUT2D eigenvalue weighted by molar-refractivity contribution is 5.98. The summed E-state index contributed by atoms with van der Waals surface area (Å²) in [6.07, 6.45) is 0. The van der Waals surface area contributed by atoms with E-state index >= 15 is 0 Å². The number of rotatable bonds is 5. The van der Waals surface area contributed by atoms with E-state index in [9.17, 15) is 9.90 Å². The van der Waals surface area contributed by atoms with E-state index in [1.807, 2.05) is 48.5 Å². The van der Waals surface area contributed by atoms with Gasteiger partial charge in [0.1, 0.15) is 11.6 Å². The molecule has 2 N–H and O–H groups in total. The van der Waals surface area contributed by atoms with Gasteiger partial charge in [-0.2, -0.15) is 0 Å². The summed E-state index contributed by atoms with van der Waals surface area (Å²) in [5.41, 5.74) is 2.25. The van der Waals surface area contributed by atoms with Crippen LogP contribution in [0.1, 0.15) is 10.4 Å². The average molecular weight is 371 g/mol. The molecule has 6 heteroatoms. The van der Waals surface area contributed by atoms with Gasteiger partial charge in [-0.1, -0.05) is 24.3 Å². The van der Waals surface area contributed by atoms with Crippen LogP contribution < -0.4 is 10.1 Å². The molecule has 0 atom stereocenters. The third kappa shape index (κ3) is 3.35. The van der Waals surface area contributed by atoms with Crippen LogP contribution in [0.5, 0.6) is 5.75 Å². The number of para-hydroxylation sites is 2. The molecule has 1 aromatic heterocycles. The van der Waals surface area contributed by atoms with Crippen LogP contribution in [0.3, 0.4) is 0 Å². The predicted molar refractivity (Wildman–Crippen MR) is 108 cm³/mol. The van der Waals surface area contributed by atoms with Crippen LogP contribution in [0.2, 0.25) is 0 Å². The summed E-state index contributed by atoms with van der Waals surface area (Å²) in [4.78, 5) is 20.9. The number of nitrogens with zero attached hydrogens (tertiary/aromatic N) is 2. The van der Waals surface area contributed by atoms with Crippen LogP contribution in [0.25, 0.3) is 22.3 Å². The van der Waals surface area contributed by atoms with Gasteiger partial charge in [-0.05, 0) is 48.5 Å². The van der Waals surface area contributed by atoms with Gasteiger partial charge in [-0.3, -0.25) is 0 Å². The number of aromatic nitrogens is 2. The largest absolute Gasteiger partial charge is 0.497 e. The van der Waals surface area contributed by atoms with E-state index in [2.05, 4.69) is 15.3 Å². The Balaban J connectivity index is 1.84. The van der Waals surface area contributed by atoms with Crippen LogP contribution in [0.15, 0.2) is 72.8 Å². The van der Waals surface area contributed by atoms with Gasteiger partial charge in [0.2, 0.25) is 0 Å². The lowest BCUT2D eigenvalue weighted by Crippen LogP contribution is -2.05. The van der Waals surface area contributed by atoms with E-state index in [4.69, 9.17) is 4.74 Å². The summed E-state index contributed by atoms with van der Waals surface area (Å²) in [5.74, 6) is 0.830. The number of benzene rings is 3. The molecule has 1 heterocycles. The number of hydrogen-bond donors (Lipinski definition) is 2. The van der Waals surface area contributed by atoms with Crippen LogP contribution in [-0.4, -0.2) is 28.2 Å². The fraction of sp³-hybridized carbons (Fsp3) is 0.0455. The highest BCUT2D eigenvalue weighted by Crippen LogP contribution is 2.29. The van der Waals surface area contributed by atoms with Gasteiger partial charge < -0.3 is 15.2 Å². The Labute approximate surface area is 161 Å². The second-order valence-electron chi connectivity index (χ2n) is 6.12. The van der Waals surface area contributed by atoms with Crippen molar-refractivity contribution in [2.24, 2.45) is 0 Å². The first kappa shape index (κ1) is 17.5. The second-order valence-corrected chi connectivity index (χ2v) is 6.12. The molecule has 4 aromatic rings. The normalized spacial score (nSPS) is 10.6. The van der Waals surface area contributed by atoms with Gasteiger partial charge in [-0.15, -0.1) is 0 Å². The van der Waals surface area contributed by atoms with Crippen molar-refractivity contribution in [2.45, 2.75) is 0 Å². The smallest absolute Gasteiger partial charge is 0.337 e. The quantitative estimate of drug-likeness (QED) is 0.527. The maximum Gasteiger partial charge on any atom is 0.337 e. The first-order valence-corrected chi connectivity index (χ1v) is 8.66. The minimum Gasteiger partial charge on any atom is -0.497 e. The van der Waals surface area contributed by atoms with Crippen molar-refractivity contribution in [1.82, 2.24) is 9.97 Å². The van der Waals surface area contributed by atoms with Gasteiger partial charge >= 0.3 is 5.97 Å². The maximum atomic E-state index is 11.5. The molecule has 138 valence electrons. The topological polar surface area (TPSA) is 84.3 Å². The van der Waals surface area contributed by atoms with Gasteiger partial charge in [-0.25, -0.2) is 14.8 Å². The molecule has 0 aliphatic rings. The minimum absolute atomic E-state index is 0.177. The van der Waals surface area contributed by atoms with E-state index in [1.54, 1.807) is 31.4 Å². The molecule has 0 saturated carbocycles. The lowest BCUT2D eigenvalue weighted by molar-refractivity contribution is 0.0698. The highest BCUT2D eigenvalue weighted by atomic mass is 16.5. The number of carboxylic acid groups (broad SMARTS) is 1. The Kier molecular flexibility index (Phi) is 4.60. The lowest BCUT2D eigenvalue weighted by Gasteiger charge is -2.13. The van der Waals surface area contributed by atoms with Gasteiger partial charge in [0.15, 0.2) is 5.82 Å². The molecule has 0 aliphatic carbocycles. The highest BCUT2D eigenvalue weighted by Gasteiger charge is 2.13. The number of nitrogens with one attached hydrogen (secondary N) is 1.